The highest BCUT2D eigenvalue weighted by Crippen LogP contribution is 2.35. The number of rotatable bonds is 12. The Morgan fingerprint density at radius 1 is 1.03 bits per heavy atom. The molecule has 0 radical (unpaired) electrons. The molecule has 2 rings (SSSR count). The van der Waals surface area contributed by atoms with Crippen LogP contribution >= 0.6 is 0 Å². The molecule has 2 aromatic rings. The SMILES string of the molecule is CCCc1cc(CCC=O)c(F)c(CCC)c1OC(C(=O)O)c1ccc(C(C)C)cc1. The smallest absolute Gasteiger partial charge is 0.349 e. The number of carbonyl (C=O) groups excluding carboxylic acids is 1. The first-order valence-corrected chi connectivity index (χ1v) is 11.1. The predicted octanol–water partition coefficient (Wildman–Crippen LogP) is 6.19. The van der Waals surface area contributed by atoms with Crippen molar-refractivity contribution >= 4 is 12.3 Å². The van der Waals surface area contributed by atoms with Crippen LogP contribution in [-0.4, -0.2) is 17.4 Å². The number of carboxylic acids is 1. The van der Waals surface area contributed by atoms with Crippen LogP contribution in [0.2, 0.25) is 0 Å². The summed E-state index contributed by atoms with van der Waals surface area (Å²) < 4.78 is 21.4. The van der Waals surface area contributed by atoms with Crippen LogP contribution in [0.3, 0.4) is 0 Å². The number of carboxylic acid groups (broad SMARTS) is 1. The van der Waals surface area contributed by atoms with Crippen LogP contribution < -0.4 is 4.74 Å². The number of aliphatic carboxylic acids is 1. The normalized spacial score (nSPS) is 12.1. The van der Waals surface area contributed by atoms with Crippen molar-refractivity contribution in [2.75, 3.05) is 0 Å². The summed E-state index contributed by atoms with van der Waals surface area (Å²) in [5.41, 5.74) is 3.31. The number of aryl methyl sites for hydroxylation is 2. The first kappa shape index (κ1) is 24.6. The summed E-state index contributed by atoms with van der Waals surface area (Å²) in [5, 5.41) is 9.89. The maximum Gasteiger partial charge on any atom is 0.349 e. The maximum atomic E-state index is 15.3. The fraction of sp³-hybridized carbons (Fsp3) is 0.462. The minimum Gasteiger partial charge on any atom is -0.478 e. The van der Waals surface area contributed by atoms with E-state index in [0.29, 0.717) is 54.0 Å². The molecule has 1 unspecified atom stereocenters. The molecular formula is C26H33FO4. The van der Waals surface area contributed by atoms with Gasteiger partial charge in [-0.3, -0.25) is 0 Å². The summed E-state index contributed by atoms with van der Waals surface area (Å²) in [7, 11) is 0. The van der Waals surface area contributed by atoms with E-state index in [1.54, 1.807) is 18.2 Å². The second-order valence-electron chi connectivity index (χ2n) is 8.18. The minimum absolute atomic E-state index is 0.244. The van der Waals surface area contributed by atoms with Crippen LogP contribution in [0.1, 0.15) is 86.8 Å². The third-order valence-electron chi connectivity index (χ3n) is 5.38. The van der Waals surface area contributed by atoms with E-state index in [1.807, 2.05) is 26.0 Å². The topological polar surface area (TPSA) is 63.6 Å². The van der Waals surface area contributed by atoms with Crippen LogP contribution in [0, 0.1) is 5.82 Å². The number of hydrogen-bond acceptors (Lipinski definition) is 3. The van der Waals surface area contributed by atoms with Gasteiger partial charge >= 0.3 is 5.97 Å². The van der Waals surface area contributed by atoms with Gasteiger partial charge in [-0.15, -0.1) is 0 Å². The van der Waals surface area contributed by atoms with Crippen LogP contribution in [0.5, 0.6) is 5.75 Å². The number of carbonyl (C=O) groups is 2. The molecular weight excluding hydrogens is 395 g/mol. The molecule has 168 valence electrons. The van der Waals surface area contributed by atoms with Gasteiger partial charge in [-0.2, -0.15) is 0 Å². The van der Waals surface area contributed by atoms with Gasteiger partial charge in [-0.1, -0.05) is 64.8 Å². The Labute approximate surface area is 184 Å². The Morgan fingerprint density at radius 3 is 2.16 bits per heavy atom. The molecule has 1 N–H and O–H groups in total. The van der Waals surface area contributed by atoms with Gasteiger partial charge in [-0.25, -0.2) is 9.18 Å². The molecule has 4 nitrogen and oxygen atoms in total. The summed E-state index contributed by atoms with van der Waals surface area (Å²) in [6, 6.07) is 9.08. The lowest BCUT2D eigenvalue weighted by molar-refractivity contribution is -0.145. The minimum atomic E-state index is -1.23. The Balaban J connectivity index is 2.55. The summed E-state index contributed by atoms with van der Waals surface area (Å²) in [4.78, 5) is 22.9. The zero-order chi connectivity index (χ0) is 23.0. The van der Waals surface area contributed by atoms with Crippen molar-refractivity contribution in [3.8, 4) is 5.75 Å². The van der Waals surface area contributed by atoms with E-state index in [9.17, 15) is 14.7 Å². The van der Waals surface area contributed by atoms with E-state index in [-0.39, 0.29) is 6.42 Å². The molecule has 1 atom stereocenters. The number of ether oxygens (including phenoxy) is 1. The zero-order valence-corrected chi connectivity index (χ0v) is 18.9. The number of benzene rings is 2. The highest BCUT2D eigenvalue weighted by Gasteiger charge is 2.27. The summed E-state index contributed by atoms with van der Waals surface area (Å²) in [6.45, 7) is 8.10. The molecule has 0 saturated carbocycles. The molecule has 5 heteroatoms. The highest BCUT2D eigenvalue weighted by atomic mass is 19.1. The molecule has 0 heterocycles. The standard InChI is InChI=1S/C26H33FO4/c1-5-8-21-16-20(10-7-15-28)23(27)22(9-6-2)24(21)31-25(26(29)30)19-13-11-18(12-14-19)17(3)4/h11-17,25H,5-10H2,1-4H3,(H,29,30). The van der Waals surface area contributed by atoms with Gasteiger partial charge in [-0.05, 0) is 47.9 Å². The molecule has 31 heavy (non-hydrogen) atoms. The molecule has 0 aliphatic heterocycles. The fourth-order valence-corrected chi connectivity index (χ4v) is 3.73. The Bertz CT molecular complexity index is 887. The Morgan fingerprint density at radius 2 is 1.65 bits per heavy atom. The van der Waals surface area contributed by atoms with Gasteiger partial charge < -0.3 is 14.6 Å². The van der Waals surface area contributed by atoms with Crippen LogP contribution in [-0.2, 0) is 28.9 Å². The van der Waals surface area contributed by atoms with Gasteiger partial charge in [0.1, 0.15) is 17.9 Å². The molecule has 0 bridgehead atoms. The summed E-state index contributed by atoms with van der Waals surface area (Å²) >= 11 is 0. The quantitative estimate of drug-likeness (QED) is 0.409. The predicted molar refractivity (Wildman–Crippen MR) is 120 cm³/mol. The van der Waals surface area contributed by atoms with Crippen molar-refractivity contribution in [3.63, 3.8) is 0 Å². The van der Waals surface area contributed by atoms with E-state index in [4.69, 9.17) is 4.74 Å². The van der Waals surface area contributed by atoms with E-state index in [1.165, 1.54) is 0 Å². The average molecular weight is 429 g/mol. The first-order valence-electron chi connectivity index (χ1n) is 11.1. The summed E-state index contributed by atoms with van der Waals surface area (Å²) in [6.07, 6.45) is 2.69. The van der Waals surface area contributed by atoms with Gasteiger partial charge in [0.2, 0.25) is 6.10 Å². The number of aldehydes is 1. The van der Waals surface area contributed by atoms with E-state index in [0.717, 1.165) is 23.8 Å². The van der Waals surface area contributed by atoms with Crippen LogP contribution in [0.15, 0.2) is 30.3 Å². The largest absolute Gasteiger partial charge is 0.478 e. The molecule has 0 amide bonds. The Hall–Kier alpha value is -2.69. The number of hydrogen-bond donors (Lipinski definition) is 1. The maximum absolute atomic E-state index is 15.3. The van der Waals surface area contributed by atoms with E-state index >= 15 is 4.39 Å². The molecule has 2 aromatic carbocycles. The van der Waals surface area contributed by atoms with Crippen molar-refractivity contribution in [1.82, 2.24) is 0 Å². The lowest BCUT2D eigenvalue weighted by Crippen LogP contribution is -2.20. The second-order valence-corrected chi connectivity index (χ2v) is 8.18. The molecule has 0 fully saturated rings. The fourth-order valence-electron chi connectivity index (χ4n) is 3.73. The van der Waals surface area contributed by atoms with Crippen LogP contribution in [0.4, 0.5) is 4.39 Å². The third-order valence-corrected chi connectivity index (χ3v) is 5.38. The van der Waals surface area contributed by atoms with Crippen molar-refractivity contribution < 1.29 is 23.8 Å². The van der Waals surface area contributed by atoms with Crippen molar-refractivity contribution in [1.29, 1.82) is 0 Å². The van der Waals surface area contributed by atoms with Gasteiger partial charge in [0.25, 0.3) is 0 Å². The van der Waals surface area contributed by atoms with Crippen LogP contribution in [0.25, 0.3) is 0 Å². The van der Waals surface area contributed by atoms with Gasteiger partial charge in [0.15, 0.2) is 0 Å². The average Bonchev–Trinajstić information content (AvgIpc) is 2.74. The third kappa shape index (κ3) is 6.16. The Kier molecular flexibility index (Phi) is 9.22. The van der Waals surface area contributed by atoms with Gasteiger partial charge in [0.05, 0.1) is 0 Å². The van der Waals surface area contributed by atoms with Crippen molar-refractivity contribution in [3.05, 3.63) is 64.0 Å². The molecule has 0 aliphatic rings. The lowest BCUT2D eigenvalue weighted by atomic mass is 9.95. The van der Waals surface area contributed by atoms with Gasteiger partial charge in [0, 0.05) is 17.5 Å². The van der Waals surface area contributed by atoms with E-state index < -0.39 is 17.9 Å². The highest BCUT2D eigenvalue weighted by molar-refractivity contribution is 5.75. The molecule has 0 aliphatic carbocycles. The van der Waals surface area contributed by atoms with E-state index in [2.05, 4.69) is 13.8 Å². The molecule has 0 aromatic heterocycles. The number of halogens is 1. The second kappa shape index (κ2) is 11.6. The summed E-state index contributed by atoms with van der Waals surface area (Å²) in [5.74, 6) is -0.847. The molecule has 0 saturated heterocycles. The first-order chi connectivity index (χ1) is 14.8. The lowest BCUT2D eigenvalue weighted by Gasteiger charge is -2.23. The van der Waals surface area contributed by atoms with Crippen molar-refractivity contribution in [2.24, 2.45) is 0 Å². The monoisotopic (exact) mass is 428 g/mol. The molecule has 0 spiro atoms. The van der Waals surface area contributed by atoms with Crippen molar-refractivity contribution in [2.45, 2.75) is 78.2 Å². The zero-order valence-electron chi connectivity index (χ0n) is 18.9.